The molecule has 0 bridgehead atoms. The molecule has 0 atom stereocenters. The van der Waals surface area contributed by atoms with E-state index in [1.165, 1.54) is 4.52 Å². The first-order valence-corrected chi connectivity index (χ1v) is 6.58. The molecular weight excluding hydrogens is 284 g/mol. The molecule has 0 aliphatic carbocycles. The zero-order valence-corrected chi connectivity index (χ0v) is 11.2. The lowest BCUT2D eigenvalue weighted by Gasteiger charge is -2.36. The van der Waals surface area contributed by atoms with Crippen molar-refractivity contribution >= 4 is 11.5 Å². The van der Waals surface area contributed by atoms with Crippen LogP contribution in [0.25, 0.3) is 5.65 Å². The molecule has 0 amide bonds. The third-order valence-corrected chi connectivity index (χ3v) is 3.46. The van der Waals surface area contributed by atoms with Crippen LogP contribution in [0.1, 0.15) is 0 Å². The average molecular weight is 299 g/mol. The van der Waals surface area contributed by atoms with E-state index >= 15 is 0 Å². The zero-order valence-electron chi connectivity index (χ0n) is 11.2. The molecule has 1 fully saturated rings. The van der Waals surface area contributed by atoms with Gasteiger partial charge in [-0.3, -0.25) is 4.90 Å². The molecule has 2 aromatic rings. The summed E-state index contributed by atoms with van der Waals surface area (Å²) in [5.74, 6) is -2.41. The first-order valence-electron chi connectivity index (χ1n) is 6.58. The number of alkyl halides is 2. The normalized spacial score (nSPS) is 17.6. The van der Waals surface area contributed by atoms with E-state index < -0.39 is 19.1 Å². The number of hydrogen-bond donors (Lipinski definition) is 1. The summed E-state index contributed by atoms with van der Waals surface area (Å²) in [6.45, 7) is 0.503. The van der Waals surface area contributed by atoms with Gasteiger partial charge in [-0.15, -0.1) is 5.10 Å². The van der Waals surface area contributed by atoms with E-state index in [0.29, 0.717) is 37.6 Å². The predicted molar refractivity (Wildman–Crippen MR) is 69.3 cm³/mol. The Balaban J connectivity index is 1.67. The second kappa shape index (κ2) is 5.45. The van der Waals surface area contributed by atoms with E-state index in [4.69, 9.17) is 5.11 Å². The summed E-state index contributed by atoms with van der Waals surface area (Å²) in [7, 11) is 0. The van der Waals surface area contributed by atoms with Gasteiger partial charge in [0, 0.05) is 32.4 Å². The SMILES string of the molecule is OCC(F)(F)CN1CCN(c2nccn3nnnc23)CC1. The molecule has 3 heterocycles. The van der Waals surface area contributed by atoms with Crippen LogP contribution in [-0.2, 0) is 0 Å². The standard InChI is InChI=1S/C11H15F2N7O/c12-11(13,8-21)7-18-3-5-19(6-4-18)9-10-15-16-17-20(10)2-1-14-9/h1-2,21H,3-8H2. The molecule has 0 aromatic carbocycles. The van der Waals surface area contributed by atoms with E-state index in [-0.39, 0.29) is 0 Å². The fourth-order valence-corrected chi connectivity index (χ4v) is 2.38. The van der Waals surface area contributed by atoms with Gasteiger partial charge in [0.15, 0.2) is 5.82 Å². The molecule has 3 rings (SSSR count). The lowest BCUT2D eigenvalue weighted by Crippen LogP contribution is -2.51. The van der Waals surface area contributed by atoms with Crippen molar-refractivity contribution < 1.29 is 13.9 Å². The minimum absolute atomic E-state index is 0.429. The minimum atomic E-state index is -3.06. The number of aliphatic hydroxyl groups excluding tert-OH is 1. The highest BCUT2D eigenvalue weighted by Gasteiger charge is 2.32. The molecule has 0 spiro atoms. The highest BCUT2D eigenvalue weighted by Crippen LogP contribution is 2.19. The van der Waals surface area contributed by atoms with Crippen molar-refractivity contribution in [2.75, 3.05) is 44.2 Å². The van der Waals surface area contributed by atoms with Crippen LogP contribution in [0.3, 0.4) is 0 Å². The van der Waals surface area contributed by atoms with Crippen molar-refractivity contribution in [1.29, 1.82) is 0 Å². The van der Waals surface area contributed by atoms with E-state index in [1.54, 1.807) is 17.3 Å². The van der Waals surface area contributed by atoms with Gasteiger partial charge in [0.1, 0.15) is 6.61 Å². The fourth-order valence-electron chi connectivity index (χ4n) is 2.38. The molecule has 10 heteroatoms. The molecule has 1 saturated heterocycles. The molecule has 1 aliphatic rings. The quantitative estimate of drug-likeness (QED) is 0.797. The summed E-state index contributed by atoms with van der Waals surface area (Å²) in [5.41, 5.74) is 0.548. The third-order valence-electron chi connectivity index (χ3n) is 3.46. The zero-order chi connectivity index (χ0) is 14.9. The summed E-state index contributed by atoms with van der Waals surface area (Å²) in [6, 6.07) is 0. The maximum Gasteiger partial charge on any atom is 0.283 e. The van der Waals surface area contributed by atoms with Crippen LogP contribution in [0.2, 0.25) is 0 Å². The van der Waals surface area contributed by atoms with Gasteiger partial charge < -0.3 is 10.0 Å². The highest BCUT2D eigenvalue weighted by molar-refractivity contribution is 5.62. The second-order valence-electron chi connectivity index (χ2n) is 4.98. The topological polar surface area (TPSA) is 82.7 Å². The van der Waals surface area contributed by atoms with Gasteiger partial charge in [0.2, 0.25) is 5.65 Å². The lowest BCUT2D eigenvalue weighted by atomic mass is 10.2. The number of fused-ring (bicyclic) bond motifs is 1. The van der Waals surface area contributed by atoms with Crippen molar-refractivity contribution in [2.24, 2.45) is 0 Å². The van der Waals surface area contributed by atoms with Gasteiger partial charge in [-0.2, -0.15) is 4.52 Å². The number of rotatable bonds is 4. The molecule has 21 heavy (non-hydrogen) atoms. The molecule has 0 unspecified atom stereocenters. The number of nitrogens with zero attached hydrogens (tertiary/aromatic N) is 7. The number of piperazine rings is 1. The third kappa shape index (κ3) is 2.90. The van der Waals surface area contributed by atoms with Crippen molar-refractivity contribution in [1.82, 2.24) is 29.9 Å². The molecule has 114 valence electrons. The molecule has 0 saturated carbocycles. The van der Waals surface area contributed by atoms with Crippen LogP contribution >= 0.6 is 0 Å². The highest BCUT2D eigenvalue weighted by atomic mass is 19.3. The molecule has 1 aliphatic heterocycles. The van der Waals surface area contributed by atoms with Gasteiger partial charge in [-0.1, -0.05) is 0 Å². The van der Waals surface area contributed by atoms with Gasteiger partial charge in [-0.25, -0.2) is 13.8 Å². The number of hydrogen-bond acceptors (Lipinski definition) is 7. The number of aliphatic hydroxyl groups is 1. The number of aromatic nitrogens is 5. The van der Waals surface area contributed by atoms with Crippen LogP contribution in [-0.4, -0.2) is 80.3 Å². The van der Waals surface area contributed by atoms with Crippen LogP contribution < -0.4 is 4.90 Å². The van der Waals surface area contributed by atoms with Crippen molar-refractivity contribution in [3.8, 4) is 0 Å². The van der Waals surface area contributed by atoms with Crippen molar-refractivity contribution in [3.63, 3.8) is 0 Å². The molecule has 1 N–H and O–H groups in total. The average Bonchev–Trinajstić information content (AvgIpc) is 2.96. The van der Waals surface area contributed by atoms with Crippen LogP contribution in [0.4, 0.5) is 14.6 Å². The Kier molecular flexibility index (Phi) is 3.64. The van der Waals surface area contributed by atoms with E-state index in [0.717, 1.165) is 0 Å². The predicted octanol–water partition coefficient (Wildman–Crippen LogP) is -0.731. The Hall–Kier alpha value is -1.94. The molecular formula is C11H15F2N7O. The van der Waals surface area contributed by atoms with E-state index in [1.807, 2.05) is 4.90 Å². The number of anilines is 1. The minimum Gasteiger partial charge on any atom is -0.390 e. The van der Waals surface area contributed by atoms with Crippen molar-refractivity contribution in [3.05, 3.63) is 12.4 Å². The van der Waals surface area contributed by atoms with Gasteiger partial charge in [-0.05, 0) is 10.4 Å². The smallest absolute Gasteiger partial charge is 0.283 e. The summed E-state index contributed by atoms with van der Waals surface area (Å²) in [6.07, 6.45) is 3.25. The van der Waals surface area contributed by atoms with Crippen LogP contribution in [0, 0.1) is 0 Å². The Morgan fingerprint density at radius 3 is 2.71 bits per heavy atom. The van der Waals surface area contributed by atoms with Crippen molar-refractivity contribution in [2.45, 2.75) is 5.92 Å². The Morgan fingerprint density at radius 1 is 1.24 bits per heavy atom. The summed E-state index contributed by atoms with van der Waals surface area (Å²) >= 11 is 0. The second-order valence-corrected chi connectivity index (χ2v) is 4.98. The fraction of sp³-hybridized carbons (Fsp3) is 0.636. The maximum atomic E-state index is 13.2. The number of halogens is 2. The van der Waals surface area contributed by atoms with Gasteiger partial charge in [0.25, 0.3) is 5.92 Å². The monoisotopic (exact) mass is 299 g/mol. The molecule has 0 radical (unpaired) electrons. The summed E-state index contributed by atoms with van der Waals surface area (Å²) in [4.78, 5) is 7.88. The first kappa shape index (κ1) is 14.0. The number of tetrazole rings is 1. The van der Waals surface area contributed by atoms with E-state index in [9.17, 15) is 8.78 Å². The summed E-state index contributed by atoms with van der Waals surface area (Å²) in [5, 5.41) is 19.9. The molecule has 2 aromatic heterocycles. The Bertz CT molecular complexity index is 611. The maximum absolute atomic E-state index is 13.2. The Morgan fingerprint density at radius 2 is 2.00 bits per heavy atom. The largest absolute Gasteiger partial charge is 0.390 e. The van der Waals surface area contributed by atoms with Gasteiger partial charge in [0.05, 0.1) is 12.7 Å². The van der Waals surface area contributed by atoms with Gasteiger partial charge >= 0.3 is 0 Å². The lowest BCUT2D eigenvalue weighted by molar-refractivity contribution is -0.0733. The van der Waals surface area contributed by atoms with E-state index in [2.05, 4.69) is 20.5 Å². The van der Waals surface area contributed by atoms with Crippen LogP contribution in [0.15, 0.2) is 12.4 Å². The van der Waals surface area contributed by atoms with Crippen LogP contribution in [0.5, 0.6) is 0 Å². The first-order chi connectivity index (χ1) is 10.1. The Labute approximate surface area is 119 Å². The summed E-state index contributed by atoms with van der Waals surface area (Å²) < 4.78 is 27.9. The molecule has 8 nitrogen and oxygen atoms in total.